The van der Waals surface area contributed by atoms with Crippen molar-refractivity contribution in [1.82, 2.24) is 5.32 Å². The molecule has 0 aliphatic heterocycles. The Balaban J connectivity index is 1.73. The number of halogens is 1. The van der Waals surface area contributed by atoms with Crippen molar-refractivity contribution in [2.45, 2.75) is 20.3 Å². The minimum absolute atomic E-state index is 0.0113. The third-order valence-electron chi connectivity index (χ3n) is 3.25. The SMILES string of the molecule is Cc1ccc(CC(=O)NCCOc2cc(C)ccc2Cl)cc1. The lowest BCUT2D eigenvalue weighted by atomic mass is 10.1. The first-order chi connectivity index (χ1) is 10.5. The van der Waals surface area contributed by atoms with Gasteiger partial charge in [-0.1, -0.05) is 47.5 Å². The summed E-state index contributed by atoms with van der Waals surface area (Å²) in [5.74, 6) is 0.636. The number of carbonyl (C=O) groups excluding carboxylic acids is 1. The van der Waals surface area contributed by atoms with Gasteiger partial charge in [-0.15, -0.1) is 0 Å². The van der Waals surface area contributed by atoms with Gasteiger partial charge in [-0.05, 0) is 37.1 Å². The molecular formula is C18H20ClNO2. The normalized spacial score (nSPS) is 10.3. The second kappa shape index (κ2) is 7.85. The molecule has 0 bridgehead atoms. The molecule has 2 aromatic carbocycles. The predicted octanol–water partition coefficient (Wildman–Crippen LogP) is 3.69. The van der Waals surface area contributed by atoms with Crippen molar-refractivity contribution < 1.29 is 9.53 Å². The summed E-state index contributed by atoms with van der Waals surface area (Å²) in [6.07, 6.45) is 0.380. The van der Waals surface area contributed by atoms with E-state index in [1.807, 2.05) is 56.3 Å². The smallest absolute Gasteiger partial charge is 0.224 e. The van der Waals surface area contributed by atoms with Gasteiger partial charge in [0.15, 0.2) is 0 Å². The van der Waals surface area contributed by atoms with Crippen LogP contribution in [0.5, 0.6) is 5.75 Å². The number of amides is 1. The van der Waals surface area contributed by atoms with E-state index >= 15 is 0 Å². The second-order valence-electron chi connectivity index (χ2n) is 5.29. The van der Waals surface area contributed by atoms with E-state index < -0.39 is 0 Å². The zero-order valence-electron chi connectivity index (χ0n) is 12.9. The highest BCUT2D eigenvalue weighted by molar-refractivity contribution is 6.32. The molecule has 0 saturated heterocycles. The van der Waals surface area contributed by atoms with E-state index in [9.17, 15) is 4.79 Å². The van der Waals surface area contributed by atoms with Gasteiger partial charge in [-0.3, -0.25) is 4.79 Å². The molecule has 0 unspecified atom stereocenters. The number of rotatable bonds is 6. The van der Waals surface area contributed by atoms with Crippen LogP contribution >= 0.6 is 11.6 Å². The van der Waals surface area contributed by atoms with E-state index in [0.29, 0.717) is 30.3 Å². The zero-order valence-corrected chi connectivity index (χ0v) is 13.6. The van der Waals surface area contributed by atoms with Crippen LogP contribution in [0, 0.1) is 13.8 Å². The maximum absolute atomic E-state index is 11.8. The van der Waals surface area contributed by atoms with Crippen LogP contribution < -0.4 is 10.1 Å². The second-order valence-corrected chi connectivity index (χ2v) is 5.70. The van der Waals surface area contributed by atoms with Gasteiger partial charge >= 0.3 is 0 Å². The van der Waals surface area contributed by atoms with Gasteiger partial charge in [-0.25, -0.2) is 0 Å². The Morgan fingerprint density at radius 1 is 1.09 bits per heavy atom. The molecule has 0 aliphatic carbocycles. The van der Waals surface area contributed by atoms with Gasteiger partial charge < -0.3 is 10.1 Å². The third-order valence-corrected chi connectivity index (χ3v) is 3.57. The average molecular weight is 318 g/mol. The predicted molar refractivity (Wildman–Crippen MR) is 89.6 cm³/mol. The number of hydrogen-bond acceptors (Lipinski definition) is 2. The average Bonchev–Trinajstić information content (AvgIpc) is 2.49. The van der Waals surface area contributed by atoms with Gasteiger partial charge in [0.1, 0.15) is 12.4 Å². The Kier molecular flexibility index (Phi) is 5.84. The molecule has 1 amide bonds. The molecule has 2 aromatic rings. The maximum atomic E-state index is 11.8. The summed E-state index contributed by atoms with van der Waals surface area (Å²) in [5.41, 5.74) is 3.28. The van der Waals surface area contributed by atoms with Gasteiger partial charge in [-0.2, -0.15) is 0 Å². The fourth-order valence-corrected chi connectivity index (χ4v) is 2.20. The summed E-state index contributed by atoms with van der Waals surface area (Å²) >= 11 is 6.05. The molecule has 22 heavy (non-hydrogen) atoms. The fourth-order valence-electron chi connectivity index (χ4n) is 2.03. The molecule has 0 atom stereocenters. The Morgan fingerprint density at radius 2 is 1.77 bits per heavy atom. The molecule has 0 radical (unpaired) electrons. The third kappa shape index (κ3) is 5.08. The lowest BCUT2D eigenvalue weighted by molar-refractivity contribution is -0.120. The lowest BCUT2D eigenvalue weighted by Crippen LogP contribution is -2.29. The van der Waals surface area contributed by atoms with Crippen LogP contribution in [0.2, 0.25) is 5.02 Å². The maximum Gasteiger partial charge on any atom is 0.224 e. The summed E-state index contributed by atoms with van der Waals surface area (Å²) in [6, 6.07) is 13.6. The zero-order chi connectivity index (χ0) is 15.9. The summed E-state index contributed by atoms with van der Waals surface area (Å²) in [6.45, 7) is 4.85. The van der Waals surface area contributed by atoms with E-state index in [0.717, 1.165) is 11.1 Å². The van der Waals surface area contributed by atoms with Crippen molar-refractivity contribution in [3.63, 3.8) is 0 Å². The molecule has 2 rings (SSSR count). The highest BCUT2D eigenvalue weighted by Gasteiger charge is 2.04. The van der Waals surface area contributed by atoms with Gasteiger partial charge in [0.05, 0.1) is 18.0 Å². The van der Waals surface area contributed by atoms with Crippen LogP contribution in [0.1, 0.15) is 16.7 Å². The van der Waals surface area contributed by atoms with E-state index in [-0.39, 0.29) is 5.91 Å². The first-order valence-electron chi connectivity index (χ1n) is 7.26. The van der Waals surface area contributed by atoms with Crippen LogP contribution in [-0.2, 0) is 11.2 Å². The van der Waals surface area contributed by atoms with Crippen LogP contribution in [0.3, 0.4) is 0 Å². The number of ether oxygens (including phenoxy) is 1. The molecule has 4 heteroatoms. The molecule has 1 N–H and O–H groups in total. The van der Waals surface area contributed by atoms with Crippen molar-refractivity contribution >= 4 is 17.5 Å². The van der Waals surface area contributed by atoms with Crippen LogP contribution in [0.4, 0.5) is 0 Å². The number of benzene rings is 2. The van der Waals surface area contributed by atoms with Crippen molar-refractivity contribution in [3.8, 4) is 5.75 Å². The van der Waals surface area contributed by atoms with E-state index in [1.165, 1.54) is 5.56 Å². The van der Waals surface area contributed by atoms with E-state index in [1.54, 1.807) is 0 Å². The Labute approximate surface area is 136 Å². The standard InChI is InChI=1S/C18H20ClNO2/c1-13-3-6-15(7-4-13)12-18(21)20-9-10-22-17-11-14(2)5-8-16(17)19/h3-8,11H,9-10,12H2,1-2H3,(H,20,21). The lowest BCUT2D eigenvalue weighted by Gasteiger charge is -2.10. The summed E-state index contributed by atoms with van der Waals surface area (Å²) in [7, 11) is 0. The number of hydrogen-bond donors (Lipinski definition) is 1. The molecule has 0 spiro atoms. The Bertz CT molecular complexity index is 638. The van der Waals surface area contributed by atoms with Gasteiger partial charge in [0.2, 0.25) is 5.91 Å². The largest absolute Gasteiger partial charge is 0.490 e. The molecule has 0 heterocycles. The molecule has 116 valence electrons. The first-order valence-corrected chi connectivity index (χ1v) is 7.63. The van der Waals surface area contributed by atoms with Crippen molar-refractivity contribution in [3.05, 3.63) is 64.2 Å². The quantitative estimate of drug-likeness (QED) is 0.825. The fraction of sp³-hybridized carbons (Fsp3) is 0.278. The number of nitrogens with one attached hydrogen (secondary N) is 1. The summed E-state index contributed by atoms with van der Waals surface area (Å²) in [5, 5.41) is 3.42. The van der Waals surface area contributed by atoms with Crippen molar-refractivity contribution in [2.75, 3.05) is 13.2 Å². The van der Waals surface area contributed by atoms with Gasteiger partial charge in [0, 0.05) is 0 Å². The molecule has 0 aliphatic rings. The Morgan fingerprint density at radius 3 is 2.50 bits per heavy atom. The molecule has 0 fully saturated rings. The van der Waals surface area contributed by atoms with E-state index in [2.05, 4.69) is 5.32 Å². The van der Waals surface area contributed by atoms with Crippen LogP contribution in [-0.4, -0.2) is 19.1 Å². The summed E-state index contributed by atoms with van der Waals surface area (Å²) in [4.78, 5) is 11.8. The van der Waals surface area contributed by atoms with Gasteiger partial charge in [0.25, 0.3) is 0 Å². The minimum atomic E-state index is -0.0113. The molecule has 0 aromatic heterocycles. The monoisotopic (exact) mass is 317 g/mol. The highest BCUT2D eigenvalue weighted by Crippen LogP contribution is 2.24. The highest BCUT2D eigenvalue weighted by atomic mass is 35.5. The minimum Gasteiger partial charge on any atom is -0.490 e. The van der Waals surface area contributed by atoms with Crippen LogP contribution in [0.25, 0.3) is 0 Å². The number of aryl methyl sites for hydroxylation is 2. The van der Waals surface area contributed by atoms with Crippen molar-refractivity contribution in [1.29, 1.82) is 0 Å². The summed E-state index contributed by atoms with van der Waals surface area (Å²) < 4.78 is 5.59. The van der Waals surface area contributed by atoms with Crippen LogP contribution in [0.15, 0.2) is 42.5 Å². The molecular weight excluding hydrogens is 298 g/mol. The van der Waals surface area contributed by atoms with E-state index in [4.69, 9.17) is 16.3 Å². The topological polar surface area (TPSA) is 38.3 Å². The number of carbonyl (C=O) groups is 1. The Hall–Kier alpha value is -2.00. The molecule has 0 saturated carbocycles. The van der Waals surface area contributed by atoms with Crippen molar-refractivity contribution in [2.24, 2.45) is 0 Å². The molecule has 3 nitrogen and oxygen atoms in total. The first kappa shape index (κ1) is 16.4.